The maximum atomic E-state index is 13.7. The number of benzene rings is 2. The van der Waals surface area contributed by atoms with Gasteiger partial charge < -0.3 is 15.2 Å². The van der Waals surface area contributed by atoms with Gasteiger partial charge in [0.2, 0.25) is 0 Å². The van der Waals surface area contributed by atoms with Crippen LogP contribution in [-0.4, -0.2) is 15.6 Å². The molecule has 3 aromatic rings. The lowest BCUT2D eigenvalue weighted by Gasteiger charge is -2.20. The van der Waals surface area contributed by atoms with Crippen molar-refractivity contribution in [2.75, 3.05) is 5.32 Å². The first-order chi connectivity index (χ1) is 12.4. The molecule has 0 aliphatic carbocycles. The molecule has 3 rings (SSSR count). The van der Waals surface area contributed by atoms with Crippen LogP contribution < -0.4 is 10.6 Å². The number of amides is 2. The fourth-order valence-corrected chi connectivity index (χ4v) is 2.99. The van der Waals surface area contributed by atoms with Crippen LogP contribution in [0.4, 0.5) is 14.9 Å². The van der Waals surface area contributed by atoms with Gasteiger partial charge >= 0.3 is 6.03 Å². The van der Waals surface area contributed by atoms with Crippen LogP contribution in [0.15, 0.2) is 59.3 Å². The summed E-state index contributed by atoms with van der Waals surface area (Å²) in [4.78, 5) is 16.8. The summed E-state index contributed by atoms with van der Waals surface area (Å²) in [7, 11) is 1.82. The largest absolute Gasteiger partial charge is 0.336 e. The zero-order valence-corrected chi connectivity index (χ0v) is 15.9. The molecule has 7 heteroatoms. The molecule has 0 saturated heterocycles. The Morgan fingerprint density at radius 3 is 2.73 bits per heavy atom. The van der Waals surface area contributed by atoms with E-state index in [-0.39, 0.29) is 5.82 Å². The van der Waals surface area contributed by atoms with Crippen LogP contribution in [-0.2, 0) is 7.05 Å². The number of carbonyl (C=O) groups excluding carboxylic acids is 1. The van der Waals surface area contributed by atoms with Crippen LogP contribution in [0.1, 0.15) is 23.0 Å². The van der Waals surface area contributed by atoms with Crippen molar-refractivity contribution in [2.24, 2.45) is 7.05 Å². The number of nitrogens with one attached hydrogen (secondary N) is 2. The van der Waals surface area contributed by atoms with E-state index in [9.17, 15) is 9.18 Å². The van der Waals surface area contributed by atoms with Gasteiger partial charge in [-0.3, -0.25) is 0 Å². The van der Waals surface area contributed by atoms with Crippen LogP contribution in [0, 0.1) is 12.7 Å². The van der Waals surface area contributed by atoms with E-state index in [1.165, 1.54) is 12.1 Å². The molecule has 0 bridgehead atoms. The molecular weight excluding hydrogens is 399 g/mol. The third-order valence-electron chi connectivity index (χ3n) is 4.00. The number of halogens is 2. The number of anilines is 1. The number of rotatable bonds is 4. The molecule has 5 nitrogen and oxygen atoms in total. The van der Waals surface area contributed by atoms with Gasteiger partial charge in [0, 0.05) is 29.6 Å². The van der Waals surface area contributed by atoms with Crippen LogP contribution in [0.2, 0.25) is 0 Å². The SMILES string of the molecule is Cc1ccc(NC(=O)NC(c2cccc(F)c2)c2nccn2C)cc1Br. The lowest BCUT2D eigenvalue weighted by molar-refractivity contribution is 0.249. The second-order valence-corrected chi connectivity index (χ2v) is 6.80. The molecule has 26 heavy (non-hydrogen) atoms. The Hall–Kier alpha value is -2.67. The Morgan fingerprint density at radius 1 is 1.27 bits per heavy atom. The number of hydrogen-bond acceptors (Lipinski definition) is 2. The van der Waals surface area contributed by atoms with Crippen molar-refractivity contribution >= 4 is 27.6 Å². The third kappa shape index (κ3) is 4.11. The molecule has 2 N–H and O–H groups in total. The van der Waals surface area contributed by atoms with Gasteiger partial charge in [0.25, 0.3) is 0 Å². The van der Waals surface area contributed by atoms with E-state index < -0.39 is 12.1 Å². The minimum absolute atomic E-state index is 0.369. The minimum Gasteiger partial charge on any atom is -0.336 e. The van der Waals surface area contributed by atoms with Crippen molar-refractivity contribution in [2.45, 2.75) is 13.0 Å². The summed E-state index contributed by atoms with van der Waals surface area (Å²) in [5.41, 5.74) is 2.33. The molecule has 0 aliphatic rings. The third-order valence-corrected chi connectivity index (χ3v) is 4.86. The smallest absolute Gasteiger partial charge is 0.320 e. The van der Waals surface area contributed by atoms with Crippen molar-refractivity contribution in [3.8, 4) is 0 Å². The highest BCUT2D eigenvalue weighted by Crippen LogP contribution is 2.23. The zero-order valence-electron chi connectivity index (χ0n) is 14.3. The molecule has 2 aromatic carbocycles. The van der Waals surface area contributed by atoms with Gasteiger partial charge in [0.15, 0.2) is 0 Å². The van der Waals surface area contributed by atoms with Crippen LogP contribution in [0.3, 0.4) is 0 Å². The number of urea groups is 1. The number of aryl methyl sites for hydroxylation is 2. The van der Waals surface area contributed by atoms with Gasteiger partial charge in [-0.05, 0) is 42.3 Å². The predicted molar refractivity (Wildman–Crippen MR) is 102 cm³/mol. The van der Waals surface area contributed by atoms with Gasteiger partial charge in [0.05, 0.1) is 0 Å². The van der Waals surface area contributed by atoms with Crippen molar-refractivity contribution < 1.29 is 9.18 Å². The summed E-state index contributed by atoms with van der Waals surface area (Å²) >= 11 is 3.45. The van der Waals surface area contributed by atoms with E-state index in [0.717, 1.165) is 10.0 Å². The molecule has 1 aromatic heterocycles. The maximum absolute atomic E-state index is 13.7. The fraction of sp³-hybridized carbons (Fsp3) is 0.158. The standard InChI is InChI=1S/C19H18BrFN4O/c1-12-6-7-15(11-16(12)20)23-19(26)24-17(18-22-8-9-25(18)2)13-4-3-5-14(21)10-13/h3-11,17H,1-2H3,(H2,23,24,26). The van der Waals surface area contributed by atoms with Gasteiger partial charge in [0.1, 0.15) is 17.7 Å². The Bertz CT molecular complexity index is 941. The van der Waals surface area contributed by atoms with E-state index in [2.05, 4.69) is 31.5 Å². The molecule has 0 saturated carbocycles. The molecule has 0 radical (unpaired) electrons. The molecule has 0 spiro atoms. The lowest BCUT2D eigenvalue weighted by Crippen LogP contribution is -2.34. The maximum Gasteiger partial charge on any atom is 0.320 e. The first kappa shape index (κ1) is 18.1. The highest BCUT2D eigenvalue weighted by atomic mass is 79.9. The first-order valence-electron chi connectivity index (χ1n) is 8.00. The zero-order chi connectivity index (χ0) is 18.7. The fourth-order valence-electron chi connectivity index (χ4n) is 2.61. The number of nitrogens with zero attached hydrogens (tertiary/aromatic N) is 2. The van der Waals surface area contributed by atoms with Gasteiger partial charge in [-0.2, -0.15) is 0 Å². The molecule has 134 valence electrons. The van der Waals surface area contributed by atoms with E-state index >= 15 is 0 Å². The normalized spacial score (nSPS) is 11.8. The Morgan fingerprint density at radius 2 is 2.08 bits per heavy atom. The minimum atomic E-state index is -0.584. The molecule has 2 amide bonds. The van der Waals surface area contributed by atoms with E-state index in [1.807, 2.05) is 32.2 Å². The van der Waals surface area contributed by atoms with Crippen molar-refractivity contribution in [3.05, 3.63) is 82.1 Å². The van der Waals surface area contributed by atoms with Crippen LogP contribution in [0.5, 0.6) is 0 Å². The number of hydrogen-bond donors (Lipinski definition) is 2. The molecule has 1 atom stereocenters. The van der Waals surface area contributed by atoms with Crippen molar-refractivity contribution in [3.63, 3.8) is 0 Å². The van der Waals surface area contributed by atoms with Crippen molar-refractivity contribution in [1.29, 1.82) is 0 Å². The van der Waals surface area contributed by atoms with E-state index in [1.54, 1.807) is 29.1 Å². The number of carbonyl (C=O) groups is 1. The molecule has 0 aliphatic heterocycles. The summed E-state index contributed by atoms with van der Waals surface area (Å²) in [6.45, 7) is 1.97. The first-order valence-corrected chi connectivity index (χ1v) is 8.79. The van der Waals surface area contributed by atoms with E-state index in [0.29, 0.717) is 17.1 Å². The highest BCUT2D eigenvalue weighted by Gasteiger charge is 2.21. The molecule has 0 fully saturated rings. The Balaban J connectivity index is 1.84. The van der Waals surface area contributed by atoms with Gasteiger partial charge in [-0.15, -0.1) is 0 Å². The second-order valence-electron chi connectivity index (χ2n) is 5.95. The Kier molecular flexibility index (Phi) is 5.37. The predicted octanol–water partition coefficient (Wildman–Crippen LogP) is 4.54. The molecule has 1 heterocycles. The highest BCUT2D eigenvalue weighted by molar-refractivity contribution is 9.10. The molecule has 1 unspecified atom stereocenters. The summed E-state index contributed by atoms with van der Waals surface area (Å²) < 4.78 is 16.4. The second kappa shape index (κ2) is 7.70. The average Bonchev–Trinajstić information content (AvgIpc) is 3.02. The quantitative estimate of drug-likeness (QED) is 0.655. The van der Waals surface area contributed by atoms with Crippen LogP contribution in [0.25, 0.3) is 0 Å². The number of imidazole rings is 1. The van der Waals surface area contributed by atoms with Crippen molar-refractivity contribution in [1.82, 2.24) is 14.9 Å². The summed E-state index contributed by atoms with van der Waals surface area (Å²) in [6, 6.07) is 10.7. The lowest BCUT2D eigenvalue weighted by atomic mass is 10.1. The summed E-state index contributed by atoms with van der Waals surface area (Å²) in [6.07, 6.45) is 3.41. The number of aromatic nitrogens is 2. The summed E-state index contributed by atoms with van der Waals surface area (Å²) in [5, 5.41) is 5.67. The Labute approximate surface area is 159 Å². The summed E-state index contributed by atoms with van der Waals surface area (Å²) in [5.74, 6) is 0.238. The monoisotopic (exact) mass is 416 g/mol. The van der Waals surface area contributed by atoms with Gasteiger partial charge in [-0.25, -0.2) is 14.2 Å². The van der Waals surface area contributed by atoms with Gasteiger partial charge in [-0.1, -0.05) is 34.1 Å². The van der Waals surface area contributed by atoms with Crippen LogP contribution >= 0.6 is 15.9 Å². The van der Waals surface area contributed by atoms with E-state index in [4.69, 9.17) is 0 Å². The molecular formula is C19H18BrFN4O. The topological polar surface area (TPSA) is 59.0 Å². The average molecular weight is 417 g/mol.